The maximum atomic E-state index is 13.7. The van der Waals surface area contributed by atoms with Gasteiger partial charge >= 0.3 is 0 Å². The second kappa shape index (κ2) is 7.91. The van der Waals surface area contributed by atoms with Crippen LogP contribution in [-0.4, -0.2) is 35.7 Å². The van der Waals surface area contributed by atoms with E-state index in [0.29, 0.717) is 28.6 Å². The van der Waals surface area contributed by atoms with Gasteiger partial charge in [0, 0.05) is 12.0 Å². The summed E-state index contributed by atoms with van der Waals surface area (Å²) >= 11 is 0. The van der Waals surface area contributed by atoms with Gasteiger partial charge in [0.1, 0.15) is 22.9 Å². The second-order valence-corrected chi connectivity index (χ2v) is 7.73. The van der Waals surface area contributed by atoms with E-state index in [-0.39, 0.29) is 18.1 Å². The normalized spacial score (nSPS) is 15.3. The molecule has 0 spiro atoms. The Hall–Kier alpha value is -3.61. The van der Waals surface area contributed by atoms with Crippen LogP contribution in [0.1, 0.15) is 45.1 Å². The predicted octanol–water partition coefficient (Wildman–Crippen LogP) is 4.12. The van der Waals surface area contributed by atoms with E-state index in [4.69, 9.17) is 9.47 Å². The Labute approximate surface area is 181 Å². The topological polar surface area (TPSA) is 82.4 Å². The molecule has 0 bridgehead atoms. The van der Waals surface area contributed by atoms with Gasteiger partial charge in [-0.25, -0.2) is 4.68 Å². The number of carbonyl (C=O) groups excluding carboxylic acids is 2. The van der Waals surface area contributed by atoms with Crippen molar-refractivity contribution in [1.82, 2.24) is 9.78 Å². The van der Waals surface area contributed by atoms with Gasteiger partial charge in [0.25, 0.3) is 0 Å². The third-order valence-electron chi connectivity index (χ3n) is 5.83. The van der Waals surface area contributed by atoms with E-state index in [9.17, 15) is 9.59 Å². The fourth-order valence-corrected chi connectivity index (χ4v) is 4.08. The summed E-state index contributed by atoms with van der Waals surface area (Å²) in [7, 11) is 3.02. The van der Waals surface area contributed by atoms with Gasteiger partial charge in [-0.15, -0.1) is 0 Å². The Balaban J connectivity index is 1.86. The molecule has 0 saturated heterocycles. The van der Waals surface area contributed by atoms with E-state index in [1.165, 1.54) is 19.8 Å². The van der Waals surface area contributed by atoms with Crippen molar-refractivity contribution in [2.45, 2.75) is 33.1 Å². The third-order valence-corrected chi connectivity index (χ3v) is 5.83. The number of ketones is 1. The third kappa shape index (κ3) is 3.46. The molecule has 160 valence electrons. The van der Waals surface area contributed by atoms with Crippen LogP contribution >= 0.6 is 0 Å². The van der Waals surface area contributed by atoms with Crippen molar-refractivity contribution in [3.05, 3.63) is 64.3 Å². The number of amides is 1. The Kier molecular flexibility index (Phi) is 5.27. The van der Waals surface area contributed by atoms with E-state index < -0.39 is 5.92 Å². The van der Waals surface area contributed by atoms with Gasteiger partial charge in [0.2, 0.25) is 5.91 Å². The summed E-state index contributed by atoms with van der Waals surface area (Å²) in [5.41, 5.74) is 4.86. The fraction of sp³-hybridized carbons (Fsp3) is 0.292. The summed E-state index contributed by atoms with van der Waals surface area (Å²) in [5.74, 6) is 0.212. The van der Waals surface area contributed by atoms with E-state index in [1.807, 2.05) is 39.0 Å². The maximum Gasteiger partial charge on any atom is 0.226 e. The second-order valence-electron chi connectivity index (χ2n) is 7.73. The first-order valence-electron chi connectivity index (χ1n) is 10.1. The lowest BCUT2D eigenvalue weighted by molar-refractivity contribution is -0.116. The number of Topliss-reactive ketones (excluding diaryl/α,β-unsaturated/α-hetero) is 1. The lowest BCUT2D eigenvalue weighted by atomic mass is 9.85. The first-order chi connectivity index (χ1) is 14.8. The van der Waals surface area contributed by atoms with Crippen molar-refractivity contribution in [3.63, 3.8) is 0 Å². The molecule has 31 heavy (non-hydrogen) atoms. The van der Waals surface area contributed by atoms with Gasteiger partial charge in [-0.1, -0.05) is 12.1 Å². The molecule has 1 aliphatic heterocycles. The minimum Gasteiger partial charge on any atom is -0.496 e. The SMILES string of the molecule is COc1cccc(OC)c1C(=O)[C@H]1CC(=O)Nc2c1c(C)nn2-c1ccc(C)c(C)c1. The van der Waals surface area contributed by atoms with Crippen LogP contribution in [0.15, 0.2) is 36.4 Å². The number of rotatable bonds is 5. The van der Waals surface area contributed by atoms with Crippen molar-refractivity contribution < 1.29 is 19.1 Å². The smallest absolute Gasteiger partial charge is 0.226 e. The summed E-state index contributed by atoms with van der Waals surface area (Å²) in [4.78, 5) is 26.3. The van der Waals surface area contributed by atoms with Gasteiger partial charge in [0.15, 0.2) is 5.78 Å². The van der Waals surface area contributed by atoms with Crippen LogP contribution in [0, 0.1) is 20.8 Å². The van der Waals surface area contributed by atoms with Crippen LogP contribution in [0.4, 0.5) is 5.82 Å². The zero-order valence-electron chi connectivity index (χ0n) is 18.3. The van der Waals surface area contributed by atoms with Gasteiger partial charge in [-0.05, 0) is 56.2 Å². The predicted molar refractivity (Wildman–Crippen MR) is 118 cm³/mol. The van der Waals surface area contributed by atoms with Crippen LogP contribution < -0.4 is 14.8 Å². The number of fused-ring (bicyclic) bond motifs is 1. The van der Waals surface area contributed by atoms with Crippen LogP contribution in [0.5, 0.6) is 11.5 Å². The van der Waals surface area contributed by atoms with Gasteiger partial charge in [-0.2, -0.15) is 5.10 Å². The summed E-state index contributed by atoms with van der Waals surface area (Å²) in [6.45, 7) is 5.92. The molecule has 1 amide bonds. The molecule has 1 aliphatic rings. The zero-order valence-corrected chi connectivity index (χ0v) is 18.3. The van der Waals surface area contributed by atoms with Crippen LogP contribution in [0.2, 0.25) is 0 Å². The number of aryl methyl sites for hydroxylation is 3. The number of hydrogen-bond donors (Lipinski definition) is 1. The molecular formula is C24H25N3O4. The molecule has 3 aromatic rings. The maximum absolute atomic E-state index is 13.7. The Morgan fingerprint density at radius 1 is 1.06 bits per heavy atom. The monoisotopic (exact) mass is 419 g/mol. The summed E-state index contributed by atoms with van der Waals surface area (Å²) in [6, 6.07) is 11.2. The lowest BCUT2D eigenvalue weighted by Crippen LogP contribution is -2.29. The number of carbonyl (C=O) groups is 2. The molecule has 0 aliphatic carbocycles. The molecule has 1 N–H and O–H groups in total. The average molecular weight is 419 g/mol. The Morgan fingerprint density at radius 3 is 2.35 bits per heavy atom. The highest BCUT2D eigenvalue weighted by Crippen LogP contribution is 2.41. The number of anilines is 1. The van der Waals surface area contributed by atoms with E-state index in [0.717, 1.165) is 16.8 Å². The number of nitrogens with one attached hydrogen (secondary N) is 1. The van der Waals surface area contributed by atoms with Crippen LogP contribution in [-0.2, 0) is 4.79 Å². The first-order valence-corrected chi connectivity index (χ1v) is 10.1. The van der Waals surface area contributed by atoms with Crippen molar-refractivity contribution in [2.75, 3.05) is 19.5 Å². The minimum atomic E-state index is -0.686. The zero-order chi connectivity index (χ0) is 22.3. The average Bonchev–Trinajstić information content (AvgIpc) is 3.10. The Morgan fingerprint density at radius 2 is 1.74 bits per heavy atom. The number of nitrogens with zero attached hydrogens (tertiary/aromatic N) is 2. The molecule has 2 heterocycles. The summed E-state index contributed by atoms with van der Waals surface area (Å²) < 4.78 is 12.5. The molecule has 0 saturated carbocycles. The molecule has 1 aromatic heterocycles. The van der Waals surface area contributed by atoms with Crippen LogP contribution in [0.25, 0.3) is 5.69 Å². The molecule has 7 heteroatoms. The first kappa shape index (κ1) is 20.7. The highest BCUT2D eigenvalue weighted by Gasteiger charge is 2.38. The van der Waals surface area contributed by atoms with Crippen LogP contribution in [0.3, 0.4) is 0 Å². The van der Waals surface area contributed by atoms with Crippen molar-refractivity contribution in [3.8, 4) is 17.2 Å². The van der Waals surface area contributed by atoms with Gasteiger partial charge < -0.3 is 14.8 Å². The number of aromatic nitrogens is 2. The molecule has 0 unspecified atom stereocenters. The quantitative estimate of drug-likeness (QED) is 0.629. The standard InChI is InChI=1S/C24H25N3O4/c1-13-9-10-16(11-14(13)2)27-24-21(15(3)26-27)17(12-20(28)25-24)23(29)22-18(30-4)7-6-8-19(22)31-5/h6-11,17H,12H2,1-5H3,(H,25,28)/t17-/m0/s1. The Bertz CT molecular complexity index is 1170. The summed E-state index contributed by atoms with van der Waals surface area (Å²) in [5, 5.41) is 7.59. The van der Waals surface area contributed by atoms with Gasteiger partial charge in [-0.3, -0.25) is 9.59 Å². The van der Waals surface area contributed by atoms with E-state index in [1.54, 1.807) is 22.9 Å². The molecule has 0 radical (unpaired) electrons. The van der Waals surface area contributed by atoms with Crippen molar-refractivity contribution in [1.29, 1.82) is 0 Å². The number of methoxy groups -OCH3 is 2. The highest BCUT2D eigenvalue weighted by molar-refractivity contribution is 6.10. The largest absolute Gasteiger partial charge is 0.496 e. The number of hydrogen-bond acceptors (Lipinski definition) is 5. The molecule has 2 aromatic carbocycles. The summed E-state index contributed by atoms with van der Waals surface area (Å²) in [6.07, 6.45) is 0.0342. The molecule has 4 rings (SSSR count). The van der Waals surface area contributed by atoms with Crippen molar-refractivity contribution >= 4 is 17.5 Å². The van der Waals surface area contributed by atoms with Gasteiger partial charge in [0.05, 0.1) is 31.5 Å². The molecule has 0 fully saturated rings. The molecule has 7 nitrogen and oxygen atoms in total. The van der Waals surface area contributed by atoms with E-state index >= 15 is 0 Å². The molecule has 1 atom stereocenters. The highest BCUT2D eigenvalue weighted by atomic mass is 16.5. The lowest BCUT2D eigenvalue weighted by Gasteiger charge is -2.24. The van der Waals surface area contributed by atoms with E-state index in [2.05, 4.69) is 10.4 Å². The number of ether oxygens (including phenoxy) is 2. The molecular weight excluding hydrogens is 394 g/mol. The minimum absolute atomic E-state index is 0.0342. The fourth-order valence-electron chi connectivity index (χ4n) is 4.08. The van der Waals surface area contributed by atoms with Crippen molar-refractivity contribution in [2.24, 2.45) is 0 Å². The number of benzene rings is 2.